The molecule has 0 aliphatic carbocycles. The van der Waals surface area contributed by atoms with Crippen LogP contribution in [0.1, 0.15) is 36.5 Å². The van der Waals surface area contributed by atoms with Crippen LogP contribution in [-0.4, -0.2) is 0 Å². The van der Waals surface area contributed by atoms with Crippen molar-refractivity contribution in [2.75, 3.05) is 0 Å². The molecule has 2 nitrogen and oxygen atoms in total. The molecule has 0 aliphatic heterocycles. The zero-order valence-electron chi connectivity index (χ0n) is 10.7. The fourth-order valence-electron chi connectivity index (χ4n) is 2.05. The van der Waals surface area contributed by atoms with E-state index in [2.05, 4.69) is 13.0 Å². The molecule has 0 unspecified atom stereocenters. The molecule has 90 valence electrons. The van der Waals surface area contributed by atoms with Crippen molar-refractivity contribution in [1.82, 2.24) is 0 Å². The third-order valence-electron chi connectivity index (χ3n) is 3.19. The van der Waals surface area contributed by atoms with Gasteiger partial charge in [0.1, 0.15) is 5.58 Å². The van der Waals surface area contributed by atoms with Crippen LogP contribution in [0.15, 0.2) is 27.4 Å². The van der Waals surface area contributed by atoms with Crippen molar-refractivity contribution in [2.24, 2.45) is 0 Å². The molecule has 0 radical (unpaired) electrons. The minimum atomic E-state index is -0.181. The lowest BCUT2D eigenvalue weighted by Gasteiger charge is -2.06. The molecule has 0 amide bonds. The second-order valence-electron chi connectivity index (χ2n) is 4.60. The van der Waals surface area contributed by atoms with E-state index in [1.54, 1.807) is 0 Å². The monoisotopic (exact) mass is 230 g/mol. The third-order valence-corrected chi connectivity index (χ3v) is 3.19. The Balaban J connectivity index is 2.63. The summed E-state index contributed by atoms with van der Waals surface area (Å²) in [5.74, 6) is 0. The second-order valence-corrected chi connectivity index (χ2v) is 4.60. The Morgan fingerprint density at radius 2 is 1.88 bits per heavy atom. The fraction of sp³-hybridized carbons (Fsp3) is 0.400. The predicted molar refractivity (Wildman–Crippen MR) is 70.6 cm³/mol. The summed E-state index contributed by atoms with van der Waals surface area (Å²) in [5.41, 5.74) is 3.53. The van der Waals surface area contributed by atoms with E-state index in [4.69, 9.17) is 4.42 Å². The standard InChI is InChI=1S/C15H18O2/c1-4-5-6-12-9-13-10(2)7-8-11(3)14(13)17-15(12)16/h7-9H,4-6H2,1-3H3. The maximum absolute atomic E-state index is 11.8. The number of benzene rings is 1. The molecular formula is C15H18O2. The maximum atomic E-state index is 11.8. The van der Waals surface area contributed by atoms with Gasteiger partial charge in [-0.05, 0) is 43.9 Å². The molecule has 0 saturated heterocycles. The van der Waals surface area contributed by atoms with Gasteiger partial charge in [-0.15, -0.1) is 0 Å². The van der Waals surface area contributed by atoms with Gasteiger partial charge in [0.2, 0.25) is 0 Å². The van der Waals surface area contributed by atoms with Crippen LogP contribution in [0.3, 0.4) is 0 Å². The molecule has 1 aromatic carbocycles. The summed E-state index contributed by atoms with van der Waals surface area (Å²) in [6.07, 6.45) is 2.92. The van der Waals surface area contributed by atoms with Crippen molar-refractivity contribution in [3.05, 3.63) is 45.3 Å². The fourth-order valence-corrected chi connectivity index (χ4v) is 2.05. The van der Waals surface area contributed by atoms with E-state index in [9.17, 15) is 4.79 Å². The number of unbranched alkanes of at least 4 members (excludes halogenated alkanes) is 1. The first-order valence-corrected chi connectivity index (χ1v) is 6.16. The largest absolute Gasteiger partial charge is 0.422 e. The van der Waals surface area contributed by atoms with Gasteiger partial charge >= 0.3 is 5.63 Å². The lowest BCUT2D eigenvalue weighted by molar-refractivity contribution is 0.545. The van der Waals surface area contributed by atoms with E-state index >= 15 is 0 Å². The molecule has 0 spiro atoms. The van der Waals surface area contributed by atoms with Crippen LogP contribution in [0.2, 0.25) is 0 Å². The van der Waals surface area contributed by atoms with E-state index in [0.29, 0.717) is 0 Å². The second kappa shape index (κ2) is 4.74. The minimum absolute atomic E-state index is 0.181. The maximum Gasteiger partial charge on any atom is 0.339 e. The van der Waals surface area contributed by atoms with Crippen molar-refractivity contribution in [3.63, 3.8) is 0 Å². The number of aryl methyl sites for hydroxylation is 3. The highest BCUT2D eigenvalue weighted by Crippen LogP contribution is 2.21. The molecule has 0 N–H and O–H groups in total. The minimum Gasteiger partial charge on any atom is -0.422 e. The lowest BCUT2D eigenvalue weighted by atomic mass is 10.0. The van der Waals surface area contributed by atoms with E-state index in [-0.39, 0.29) is 5.63 Å². The molecule has 2 heteroatoms. The van der Waals surface area contributed by atoms with Crippen LogP contribution in [0.4, 0.5) is 0 Å². The Morgan fingerprint density at radius 3 is 2.59 bits per heavy atom. The van der Waals surface area contributed by atoms with Gasteiger partial charge in [0, 0.05) is 10.9 Å². The van der Waals surface area contributed by atoms with Crippen LogP contribution in [-0.2, 0) is 6.42 Å². The van der Waals surface area contributed by atoms with Crippen LogP contribution >= 0.6 is 0 Å². The summed E-state index contributed by atoms with van der Waals surface area (Å²) in [5, 5.41) is 1.07. The molecular weight excluding hydrogens is 212 g/mol. The van der Waals surface area contributed by atoms with Gasteiger partial charge in [-0.1, -0.05) is 25.5 Å². The first-order valence-electron chi connectivity index (χ1n) is 6.16. The normalized spacial score (nSPS) is 11.0. The van der Waals surface area contributed by atoms with Crippen molar-refractivity contribution in [1.29, 1.82) is 0 Å². The van der Waals surface area contributed by atoms with Gasteiger partial charge in [-0.3, -0.25) is 0 Å². The van der Waals surface area contributed by atoms with Crippen LogP contribution in [0.5, 0.6) is 0 Å². The molecule has 0 atom stereocenters. The number of rotatable bonds is 3. The highest BCUT2D eigenvalue weighted by Gasteiger charge is 2.08. The molecule has 0 bridgehead atoms. The summed E-state index contributed by atoms with van der Waals surface area (Å²) >= 11 is 0. The van der Waals surface area contributed by atoms with E-state index in [0.717, 1.165) is 46.9 Å². The van der Waals surface area contributed by atoms with Gasteiger partial charge in [0.15, 0.2) is 0 Å². The smallest absolute Gasteiger partial charge is 0.339 e. The number of fused-ring (bicyclic) bond motifs is 1. The summed E-state index contributed by atoms with van der Waals surface area (Å²) in [4.78, 5) is 11.8. The van der Waals surface area contributed by atoms with Crippen molar-refractivity contribution in [3.8, 4) is 0 Å². The first kappa shape index (κ1) is 11.9. The Labute approximate surface area is 101 Å². The van der Waals surface area contributed by atoms with E-state index in [1.165, 1.54) is 0 Å². The quantitative estimate of drug-likeness (QED) is 0.752. The van der Waals surface area contributed by atoms with Crippen LogP contribution < -0.4 is 5.63 Å². The van der Waals surface area contributed by atoms with Crippen LogP contribution in [0, 0.1) is 13.8 Å². The molecule has 17 heavy (non-hydrogen) atoms. The van der Waals surface area contributed by atoms with Crippen LogP contribution in [0.25, 0.3) is 11.0 Å². The third kappa shape index (κ3) is 2.26. The van der Waals surface area contributed by atoms with Gasteiger partial charge in [0.25, 0.3) is 0 Å². The Bertz CT molecular complexity index is 594. The summed E-state index contributed by atoms with van der Waals surface area (Å²) in [6, 6.07) is 6.06. The highest BCUT2D eigenvalue weighted by atomic mass is 16.4. The Morgan fingerprint density at radius 1 is 1.18 bits per heavy atom. The van der Waals surface area contributed by atoms with Gasteiger partial charge in [-0.2, -0.15) is 0 Å². The molecule has 0 fully saturated rings. The van der Waals surface area contributed by atoms with Gasteiger partial charge in [-0.25, -0.2) is 4.79 Å². The molecule has 1 aromatic heterocycles. The zero-order valence-corrected chi connectivity index (χ0v) is 10.7. The molecule has 0 aliphatic rings. The first-order chi connectivity index (χ1) is 8.13. The van der Waals surface area contributed by atoms with Crippen molar-refractivity contribution in [2.45, 2.75) is 40.0 Å². The molecule has 2 rings (SSSR count). The Hall–Kier alpha value is -1.57. The molecule has 2 aromatic rings. The number of hydrogen-bond donors (Lipinski definition) is 0. The zero-order chi connectivity index (χ0) is 12.4. The van der Waals surface area contributed by atoms with Crippen molar-refractivity contribution >= 4 is 11.0 Å². The lowest BCUT2D eigenvalue weighted by Crippen LogP contribution is -2.07. The van der Waals surface area contributed by atoms with Crippen molar-refractivity contribution < 1.29 is 4.42 Å². The SMILES string of the molecule is CCCCc1cc2c(C)ccc(C)c2oc1=O. The van der Waals surface area contributed by atoms with Gasteiger partial charge < -0.3 is 4.42 Å². The number of hydrogen-bond acceptors (Lipinski definition) is 2. The summed E-state index contributed by atoms with van der Waals surface area (Å²) in [6.45, 7) is 6.14. The average molecular weight is 230 g/mol. The molecule has 1 heterocycles. The average Bonchev–Trinajstić information content (AvgIpc) is 2.32. The molecule has 0 saturated carbocycles. The topological polar surface area (TPSA) is 30.2 Å². The Kier molecular flexibility index (Phi) is 3.32. The predicted octanol–water partition coefficient (Wildman–Crippen LogP) is 3.75. The van der Waals surface area contributed by atoms with Gasteiger partial charge in [0.05, 0.1) is 0 Å². The summed E-state index contributed by atoms with van der Waals surface area (Å²) < 4.78 is 5.45. The highest BCUT2D eigenvalue weighted by molar-refractivity contribution is 5.83. The summed E-state index contributed by atoms with van der Waals surface area (Å²) in [7, 11) is 0. The van der Waals surface area contributed by atoms with E-state index in [1.807, 2.05) is 26.0 Å². The van der Waals surface area contributed by atoms with E-state index < -0.39 is 0 Å².